The number of pyridine rings is 1. The van der Waals surface area contributed by atoms with Crippen LogP contribution in [-0.2, 0) is 13.0 Å². The lowest BCUT2D eigenvalue weighted by Gasteiger charge is -2.08. The van der Waals surface area contributed by atoms with Crippen LogP contribution < -0.4 is 10.1 Å². The standard InChI is InChI=1S/C19H21N3O2/c1-4-16-18(22-12-13(2)5-10-17(22)21-16)19(23)20-11-14-6-8-15(24-3)9-7-14/h5-10,12H,4,11H2,1-3H3,(H,20,23). The summed E-state index contributed by atoms with van der Waals surface area (Å²) in [5.74, 6) is 0.691. The van der Waals surface area contributed by atoms with Crippen molar-refractivity contribution in [3.05, 3.63) is 65.1 Å². The van der Waals surface area contributed by atoms with Gasteiger partial charge in [0.15, 0.2) is 0 Å². The minimum atomic E-state index is -0.110. The molecule has 0 bridgehead atoms. The number of amides is 1. The summed E-state index contributed by atoms with van der Waals surface area (Å²) in [5.41, 5.74) is 4.34. The number of hydrogen-bond acceptors (Lipinski definition) is 3. The number of methoxy groups -OCH3 is 1. The smallest absolute Gasteiger partial charge is 0.270 e. The summed E-state index contributed by atoms with van der Waals surface area (Å²) in [4.78, 5) is 17.3. The lowest BCUT2D eigenvalue weighted by atomic mass is 10.2. The van der Waals surface area contributed by atoms with E-state index in [2.05, 4.69) is 10.3 Å². The summed E-state index contributed by atoms with van der Waals surface area (Å²) < 4.78 is 7.02. The molecule has 1 N–H and O–H groups in total. The number of hydrogen-bond donors (Lipinski definition) is 1. The van der Waals surface area contributed by atoms with Crippen molar-refractivity contribution in [1.82, 2.24) is 14.7 Å². The molecule has 3 aromatic rings. The molecule has 3 rings (SSSR count). The van der Waals surface area contributed by atoms with Gasteiger partial charge in [0.1, 0.15) is 17.1 Å². The third kappa shape index (κ3) is 3.11. The summed E-state index contributed by atoms with van der Waals surface area (Å²) in [7, 11) is 1.63. The van der Waals surface area contributed by atoms with Gasteiger partial charge < -0.3 is 10.1 Å². The molecule has 0 fully saturated rings. The summed E-state index contributed by atoms with van der Waals surface area (Å²) in [6.07, 6.45) is 2.66. The fourth-order valence-electron chi connectivity index (χ4n) is 2.70. The van der Waals surface area contributed by atoms with Gasteiger partial charge in [-0.2, -0.15) is 0 Å². The lowest BCUT2D eigenvalue weighted by Crippen LogP contribution is -2.25. The van der Waals surface area contributed by atoms with E-state index in [-0.39, 0.29) is 5.91 Å². The molecule has 24 heavy (non-hydrogen) atoms. The number of ether oxygens (including phenoxy) is 1. The zero-order valence-electron chi connectivity index (χ0n) is 14.2. The van der Waals surface area contributed by atoms with Crippen LogP contribution in [0.25, 0.3) is 5.65 Å². The largest absolute Gasteiger partial charge is 0.497 e. The van der Waals surface area contributed by atoms with Crippen molar-refractivity contribution in [1.29, 1.82) is 0 Å². The van der Waals surface area contributed by atoms with Crippen molar-refractivity contribution in [2.24, 2.45) is 0 Å². The Morgan fingerprint density at radius 1 is 1.21 bits per heavy atom. The second-order valence-electron chi connectivity index (χ2n) is 5.73. The molecule has 0 radical (unpaired) electrons. The molecule has 1 aromatic carbocycles. The lowest BCUT2D eigenvalue weighted by molar-refractivity contribution is 0.0944. The molecule has 0 spiro atoms. The number of benzene rings is 1. The Hall–Kier alpha value is -2.82. The quantitative estimate of drug-likeness (QED) is 0.785. The molecule has 0 saturated carbocycles. The number of carbonyl (C=O) groups is 1. The number of fused-ring (bicyclic) bond motifs is 1. The number of nitrogens with zero attached hydrogens (tertiary/aromatic N) is 2. The Morgan fingerprint density at radius 2 is 1.96 bits per heavy atom. The highest BCUT2D eigenvalue weighted by Crippen LogP contribution is 2.16. The van der Waals surface area contributed by atoms with Crippen molar-refractivity contribution in [2.75, 3.05) is 7.11 Å². The van der Waals surface area contributed by atoms with Crippen molar-refractivity contribution < 1.29 is 9.53 Å². The second-order valence-corrected chi connectivity index (χ2v) is 5.73. The van der Waals surface area contributed by atoms with Gasteiger partial charge in [0.05, 0.1) is 12.8 Å². The Labute approximate surface area is 141 Å². The van der Waals surface area contributed by atoms with E-state index < -0.39 is 0 Å². The van der Waals surface area contributed by atoms with Gasteiger partial charge in [0, 0.05) is 12.7 Å². The first-order chi connectivity index (χ1) is 11.6. The predicted octanol–water partition coefficient (Wildman–Crippen LogP) is 3.14. The average molecular weight is 323 g/mol. The molecule has 0 aliphatic heterocycles. The molecule has 5 nitrogen and oxygen atoms in total. The van der Waals surface area contributed by atoms with E-state index in [0.29, 0.717) is 18.7 Å². The number of carbonyl (C=O) groups excluding carboxylic acids is 1. The normalized spacial score (nSPS) is 10.8. The van der Waals surface area contributed by atoms with Gasteiger partial charge in [0.25, 0.3) is 5.91 Å². The van der Waals surface area contributed by atoms with Crippen LogP contribution in [0.4, 0.5) is 0 Å². The van der Waals surface area contributed by atoms with Gasteiger partial charge in [0.2, 0.25) is 0 Å². The van der Waals surface area contributed by atoms with Crippen LogP contribution in [-0.4, -0.2) is 22.4 Å². The molecule has 0 aliphatic rings. The Morgan fingerprint density at radius 3 is 2.62 bits per heavy atom. The fourth-order valence-corrected chi connectivity index (χ4v) is 2.70. The maximum absolute atomic E-state index is 12.7. The van der Waals surface area contributed by atoms with E-state index in [4.69, 9.17) is 4.74 Å². The third-order valence-corrected chi connectivity index (χ3v) is 4.00. The maximum Gasteiger partial charge on any atom is 0.270 e. The highest BCUT2D eigenvalue weighted by atomic mass is 16.5. The highest BCUT2D eigenvalue weighted by Gasteiger charge is 2.18. The highest BCUT2D eigenvalue weighted by molar-refractivity contribution is 5.94. The number of nitrogens with one attached hydrogen (secondary N) is 1. The summed E-state index contributed by atoms with van der Waals surface area (Å²) in [6, 6.07) is 11.6. The van der Waals surface area contributed by atoms with Crippen molar-refractivity contribution in [3.63, 3.8) is 0 Å². The molecule has 124 valence electrons. The SMILES string of the molecule is CCc1nc2ccc(C)cn2c1C(=O)NCc1ccc(OC)cc1. The molecule has 2 heterocycles. The fraction of sp³-hybridized carbons (Fsp3) is 0.263. The average Bonchev–Trinajstić information content (AvgIpc) is 2.97. The van der Waals surface area contributed by atoms with Gasteiger partial charge in [-0.15, -0.1) is 0 Å². The summed E-state index contributed by atoms with van der Waals surface area (Å²) >= 11 is 0. The first kappa shape index (κ1) is 16.1. The Kier molecular flexibility index (Phi) is 4.51. The number of aromatic nitrogens is 2. The molecule has 0 saturated heterocycles. The number of aryl methyl sites for hydroxylation is 2. The summed E-state index contributed by atoms with van der Waals surface area (Å²) in [5, 5.41) is 2.98. The first-order valence-corrected chi connectivity index (χ1v) is 8.01. The van der Waals surface area contributed by atoms with E-state index in [9.17, 15) is 4.79 Å². The summed E-state index contributed by atoms with van der Waals surface area (Å²) in [6.45, 7) is 4.48. The van der Waals surface area contributed by atoms with E-state index in [1.54, 1.807) is 7.11 Å². The van der Waals surface area contributed by atoms with Gasteiger partial charge in [-0.05, 0) is 42.7 Å². The molecule has 0 unspecified atom stereocenters. The van der Waals surface area contributed by atoms with Gasteiger partial charge >= 0.3 is 0 Å². The minimum Gasteiger partial charge on any atom is -0.497 e. The van der Waals surface area contributed by atoms with E-state index in [1.165, 1.54) is 0 Å². The van der Waals surface area contributed by atoms with E-state index in [0.717, 1.165) is 28.2 Å². The molecule has 0 aliphatic carbocycles. The molecular formula is C19H21N3O2. The predicted molar refractivity (Wildman–Crippen MR) is 93.5 cm³/mol. The molecule has 1 amide bonds. The first-order valence-electron chi connectivity index (χ1n) is 8.01. The topological polar surface area (TPSA) is 55.6 Å². The molecular weight excluding hydrogens is 302 g/mol. The molecule has 5 heteroatoms. The maximum atomic E-state index is 12.7. The zero-order valence-corrected chi connectivity index (χ0v) is 14.2. The van der Waals surface area contributed by atoms with Crippen LogP contribution in [0.3, 0.4) is 0 Å². The zero-order chi connectivity index (χ0) is 17.1. The van der Waals surface area contributed by atoms with Crippen LogP contribution in [0.5, 0.6) is 5.75 Å². The molecule has 2 aromatic heterocycles. The Balaban J connectivity index is 1.83. The second kappa shape index (κ2) is 6.74. The van der Waals surface area contributed by atoms with Gasteiger partial charge in [-0.3, -0.25) is 9.20 Å². The van der Waals surface area contributed by atoms with Crippen LogP contribution in [0.1, 0.15) is 34.2 Å². The monoisotopic (exact) mass is 323 g/mol. The van der Waals surface area contributed by atoms with E-state index in [1.807, 2.05) is 60.8 Å². The van der Waals surface area contributed by atoms with Crippen molar-refractivity contribution >= 4 is 11.6 Å². The molecule has 0 atom stereocenters. The van der Waals surface area contributed by atoms with Crippen LogP contribution in [0.15, 0.2) is 42.6 Å². The van der Waals surface area contributed by atoms with Crippen molar-refractivity contribution in [2.45, 2.75) is 26.8 Å². The van der Waals surface area contributed by atoms with Crippen LogP contribution in [0, 0.1) is 6.92 Å². The van der Waals surface area contributed by atoms with Crippen LogP contribution in [0.2, 0.25) is 0 Å². The van der Waals surface area contributed by atoms with Gasteiger partial charge in [-0.1, -0.05) is 25.1 Å². The number of rotatable bonds is 5. The minimum absolute atomic E-state index is 0.110. The van der Waals surface area contributed by atoms with Crippen molar-refractivity contribution in [3.8, 4) is 5.75 Å². The van der Waals surface area contributed by atoms with E-state index >= 15 is 0 Å². The third-order valence-electron chi connectivity index (χ3n) is 4.00. The van der Waals surface area contributed by atoms with Gasteiger partial charge in [-0.25, -0.2) is 4.98 Å². The number of imidazole rings is 1. The van der Waals surface area contributed by atoms with Crippen LogP contribution >= 0.6 is 0 Å². The Bertz CT molecular complexity index is 866.